The Hall–Kier alpha value is -4.96. The average molecular weight is 507 g/mol. The van der Waals surface area contributed by atoms with Crippen molar-refractivity contribution in [2.75, 3.05) is 26.0 Å². The predicted octanol–water partition coefficient (Wildman–Crippen LogP) is 4.87. The lowest BCUT2D eigenvalue weighted by molar-refractivity contribution is -0.116. The van der Waals surface area contributed by atoms with Crippen LogP contribution in [0.4, 0.5) is 10.1 Å². The number of aromatic nitrogens is 6. The van der Waals surface area contributed by atoms with E-state index >= 15 is 0 Å². The van der Waals surface area contributed by atoms with Crippen molar-refractivity contribution in [2.45, 2.75) is 0 Å². The third-order valence-electron chi connectivity index (χ3n) is 6.13. The maximum absolute atomic E-state index is 14.6. The normalized spacial score (nSPS) is 11.5. The van der Waals surface area contributed by atoms with Crippen molar-refractivity contribution in [3.63, 3.8) is 0 Å². The topological polar surface area (TPSA) is 115 Å². The summed E-state index contributed by atoms with van der Waals surface area (Å²) in [6.45, 7) is 0.267. The predicted molar refractivity (Wildman–Crippen MR) is 145 cm³/mol. The molecule has 0 atom stereocenters. The van der Waals surface area contributed by atoms with Crippen LogP contribution in [0.1, 0.15) is 0 Å². The highest BCUT2D eigenvalue weighted by molar-refractivity contribution is 5.98. The molecule has 0 unspecified atom stereocenters. The van der Waals surface area contributed by atoms with Gasteiger partial charge >= 0.3 is 0 Å². The van der Waals surface area contributed by atoms with Gasteiger partial charge in [0.1, 0.15) is 11.5 Å². The van der Waals surface area contributed by atoms with E-state index in [0.717, 1.165) is 22.0 Å². The van der Waals surface area contributed by atoms with Crippen molar-refractivity contribution >= 4 is 33.5 Å². The van der Waals surface area contributed by atoms with Crippen LogP contribution in [0, 0.1) is 5.82 Å². The van der Waals surface area contributed by atoms with E-state index < -0.39 is 0 Å². The van der Waals surface area contributed by atoms with E-state index in [0.29, 0.717) is 39.5 Å². The van der Waals surface area contributed by atoms with Gasteiger partial charge in [-0.25, -0.2) is 9.37 Å². The highest BCUT2D eigenvalue weighted by Crippen LogP contribution is 2.33. The van der Waals surface area contributed by atoms with Gasteiger partial charge in [-0.3, -0.25) is 19.9 Å². The lowest BCUT2D eigenvalue weighted by Crippen LogP contribution is -2.27. The first-order valence-corrected chi connectivity index (χ1v) is 11.9. The standard InChI is InChI=1S/C28H23FN8O/c1-37(2)15-25(38)32-17-10-16(12-30-13-17)23-11-20-24(14-31-23)35-36-27(20)28-33-22-9-5-7-19(26(22)34-28)18-6-3-4-8-21(18)29/h3-14H,15H2,1-2H3,(H,32,38)(H,33,34)(H,35,36). The number of imidazole rings is 1. The lowest BCUT2D eigenvalue weighted by atomic mass is 10.0. The number of amides is 1. The number of para-hydroxylation sites is 1. The number of nitrogens with one attached hydrogen (secondary N) is 3. The zero-order chi connectivity index (χ0) is 26.2. The third-order valence-corrected chi connectivity index (χ3v) is 6.13. The van der Waals surface area contributed by atoms with E-state index in [1.807, 2.05) is 44.4 Å². The van der Waals surface area contributed by atoms with Crippen molar-refractivity contribution in [1.82, 2.24) is 35.0 Å². The molecule has 188 valence electrons. The lowest BCUT2D eigenvalue weighted by Gasteiger charge is -2.10. The Morgan fingerprint density at radius 3 is 2.68 bits per heavy atom. The Morgan fingerprint density at radius 1 is 1.00 bits per heavy atom. The summed E-state index contributed by atoms with van der Waals surface area (Å²) in [7, 11) is 3.66. The number of benzene rings is 2. The summed E-state index contributed by atoms with van der Waals surface area (Å²) in [5.74, 6) is 0.114. The number of nitrogens with zero attached hydrogens (tertiary/aromatic N) is 5. The van der Waals surface area contributed by atoms with Gasteiger partial charge in [0.15, 0.2) is 5.82 Å². The number of hydrogen-bond donors (Lipinski definition) is 3. The van der Waals surface area contributed by atoms with Crippen LogP contribution in [0.15, 0.2) is 73.2 Å². The number of halogens is 1. The van der Waals surface area contributed by atoms with Gasteiger partial charge in [-0.1, -0.05) is 30.3 Å². The van der Waals surface area contributed by atoms with Gasteiger partial charge in [-0.2, -0.15) is 5.10 Å². The second-order valence-electron chi connectivity index (χ2n) is 9.20. The Bertz CT molecular complexity index is 1810. The molecule has 10 heteroatoms. The molecule has 4 aromatic heterocycles. The second kappa shape index (κ2) is 9.49. The van der Waals surface area contributed by atoms with Gasteiger partial charge in [-0.05, 0) is 38.4 Å². The molecular formula is C28H23FN8O. The first-order valence-electron chi connectivity index (χ1n) is 11.9. The van der Waals surface area contributed by atoms with Crippen LogP contribution >= 0.6 is 0 Å². The molecule has 0 aliphatic carbocycles. The van der Waals surface area contributed by atoms with Gasteiger partial charge in [0, 0.05) is 28.3 Å². The van der Waals surface area contributed by atoms with Gasteiger partial charge in [-0.15, -0.1) is 0 Å². The van der Waals surface area contributed by atoms with Crippen LogP contribution in [0.2, 0.25) is 0 Å². The summed E-state index contributed by atoms with van der Waals surface area (Å²) < 4.78 is 14.6. The minimum atomic E-state index is -0.306. The van der Waals surface area contributed by atoms with Gasteiger partial charge in [0.05, 0.1) is 46.9 Å². The fraction of sp³-hybridized carbons (Fsp3) is 0.107. The molecule has 0 saturated heterocycles. The number of anilines is 1. The summed E-state index contributed by atoms with van der Waals surface area (Å²) in [4.78, 5) is 30.9. The number of likely N-dealkylation sites (N-methyl/N-ethyl adjacent to an activating group) is 1. The molecule has 0 spiro atoms. The smallest absolute Gasteiger partial charge is 0.238 e. The molecule has 6 rings (SSSR count). The van der Waals surface area contributed by atoms with Crippen molar-refractivity contribution in [2.24, 2.45) is 0 Å². The molecule has 0 aliphatic rings. The van der Waals surface area contributed by atoms with Crippen LogP contribution in [0.3, 0.4) is 0 Å². The fourth-order valence-electron chi connectivity index (χ4n) is 4.43. The van der Waals surface area contributed by atoms with Gasteiger partial charge in [0.2, 0.25) is 5.91 Å². The molecule has 9 nitrogen and oxygen atoms in total. The first kappa shape index (κ1) is 23.4. The van der Waals surface area contributed by atoms with Crippen molar-refractivity contribution in [3.8, 4) is 33.9 Å². The van der Waals surface area contributed by atoms with E-state index in [4.69, 9.17) is 4.98 Å². The molecule has 6 aromatic rings. The number of hydrogen-bond acceptors (Lipinski definition) is 6. The maximum Gasteiger partial charge on any atom is 0.238 e. The molecule has 38 heavy (non-hydrogen) atoms. The van der Waals surface area contributed by atoms with E-state index in [1.54, 1.807) is 41.7 Å². The quantitative estimate of drug-likeness (QED) is 0.297. The Kier molecular flexibility index (Phi) is 5.85. The first-order chi connectivity index (χ1) is 18.5. The molecule has 0 bridgehead atoms. The molecule has 0 saturated carbocycles. The van der Waals surface area contributed by atoms with Crippen LogP contribution in [-0.4, -0.2) is 61.6 Å². The van der Waals surface area contributed by atoms with Crippen LogP contribution < -0.4 is 5.32 Å². The molecule has 2 aromatic carbocycles. The largest absolute Gasteiger partial charge is 0.337 e. The summed E-state index contributed by atoms with van der Waals surface area (Å²) in [5, 5.41) is 11.2. The molecule has 0 fully saturated rings. The number of carbonyl (C=O) groups is 1. The molecular weight excluding hydrogens is 483 g/mol. The Balaban J connectivity index is 1.39. The van der Waals surface area contributed by atoms with Crippen molar-refractivity contribution < 1.29 is 9.18 Å². The number of rotatable bonds is 6. The summed E-state index contributed by atoms with van der Waals surface area (Å²) in [5.41, 5.74) is 5.96. The number of fused-ring (bicyclic) bond motifs is 2. The van der Waals surface area contributed by atoms with E-state index in [9.17, 15) is 9.18 Å². The Labute approximate surface area is 216 Å². The maximum atomic E-state index is 14.6. The monoisotopic (exact) mass is 506 g/mol. The molecule has 1 amide bonds. The average Bonchev–Trinajstić information content (AvgIpc) is 3.52. The van der Waals surface area contributed by atoms with Crippen molar-refractivity contribution in [3.05, 3.63) is 79.0 Å². The summed E-state index contributed by atoms with van der Waals surface area (Å²) in [6.07, 6.45) is 4.99. The zero-order valence-corrected chi connectivity index (χ0v) is 20.7. The number of carbonyl (C=O) groups excluding carboxylic acids is 1. The summed E-state index contributed by atoms with van der Waals surface area (Å²) in [6, 6.07) is 16.0. The molecule has 3 N–H and O–H groups in total. The highest BCUT2D eigenvalue weighted by atomic mass is 19.1. The Morgan fingerprint density at radius 2 is 1.84 bits per heavy atom. The highest BCUT2D eigenvalue weighted by Gasteiger charge is 2.17. The van der Waals surface area contributed by atoms with Gasteiger partial charge in [0.25, 0.3) is 0 Å². The SMILES string of the molecule is CN(C)CC(=O)Nc1cncc(-c2cc3c(-c4nc5c(-c6ccccc6F)cccc5[nH]4)n[nH]c3cn2)c1. The van der Waals surface area contributed by atoms with Gasteiger partial charge < -0.3 is 15.2 Å². The minimum Gasteiger partial charge on any atom is -0.337 e. The second-order valence-corrected chi connectivity index (χ2v) is 9.20. The number of H-pyrrole nitrogens is 2. The third kappa shape index (κ3) is 4.37. The number of aromatic amines is 2. The van der Waals surface area contributed by atoms with E-state index in [2.05, 4.69) is 30.5 Å². The van der Waals surface area contributed by atoms with Crippen LogP contribution in [0.25, 0.3) is 55.8 Å². The van der Waals surface area contributed by atoms with E-state index in [-0.39, 0.29) is 18.3 Å². The van der Waals surface area contributed by atoms with E-state index in [1.165, 1.54) is 6.07 Å². The fourth-order valence-corrected chi connectivity index (χ4v) is 4.43. The zero-order valence-electron chi connectivity index (χ0n) is 20.7. The number of pyridine rings is 2. The minimum absolute atomic E-state index is 0.130. The molecule has 4 heterocycles. The molecule has 0 radical (unpaired) electrons. The van der Waals surface area contributed by atoms with Crippen LogP contribution in [-0.2, 0) is 4.79 Å². The van der Waals surface area contributed by atoms with Crippen LogP contribution in [0.5, 0.6) is 0 Å². The summed E-state index contributed by atoms with van der Waals surface area (Å²) >= 11 is 0. The molecule has 0 aliphatic heterocycles. The van der Waals surface area contributed by atoms with Crippen molar-refractivity contribution in [1.29, 1.82) is 0 Å².